The molecular formula is C11H20ClN3O2S. The van der Waals surface area contributed by atoms with Gasteiger partial charge in [0.15, 0.2) is 9.84 Å². The Balaban J connectivity index is 2.97. The molecule has 7 heteroatoms. The summed E-state index contributed by atoms with van der Waals surface area (Å²) in [6, 6.07) is 0. The summed E-state index contributed by atoms with van der Waals surface area (Å²) in [5.74, 6) is -0.0496. The molecule has 1 aromatic rings. The molecule has 5 nitrogen and oxygen atoms in total. The molecule has 2 N–H and O–H groups in total. The predicted molar refractivity (Wildman–Crippen MR) is 73.4 cm³/mol. The molecule has 0 fully saturated rings. The van der Waals surface area contributed by atoms with Crippen LogP contribution >= 0.6 is 11.6 Å². The molecule has 1 aromatic heterocycles. The van der Waals surface area contributed by atoms with Crippen LogP contribution in [0.2, 0.25) is 5.02 Å². The van der Waals surface area contributed by atoms with Gasteiger partial charge in [-0.25, -0.2) is 8.42 Å². The van der Waals surface area contributed by atoms with Crippen molar-refractivity contribution in [3.05, 3.63) is 16.4 Å². The van der Waals surface area contributed by atoms with Gasteiger partial charge in [-0.05, 0) is 26.3 Å². The highest BCUT2D eigenvalue weighted by molar-refractivity contribution is 7.90. The van der Waals surface area contributed by atoms with Crippen LogP contribution in [0.3, 0.4) is 0 Å². The van der Waals surface area contributed by atoms with E-state index in [2.05, 4.69) is 5.10 Å². The Morgan fingerprint density at radius 3 is 2.61 bits per heavy atom. The number of rotatable bonds is 6. The van der Waals surface area contributed by atoms with Crippen molar-refractivity contribution in [1.82, 2.24) is 9.78 Å². The van der Waals surface area contributed by atoms with Gasteiger partial charge in [-0.3, -0.25) is 4.68 Å². The van der Waals surface area contributed by atoms with E-state index in [1.807, 2.05) is 13.8 Å². The highest BCUT2D eigenvalue weighted by Crippen LogP contribution is 2.23. The maximum atomic E-state index is 12.0. The summed E-state index contributed by atoms with van der Waals surface area (Å²) in [5, 5.41) is 4.65. The Labute approximate surface area is 113 Å². The average Bonchev–Trinajstić information content (AvgIpc) is 2.55. The lowest BCUT2D eigenvalue weighted by Gasteiger charge is -2.10. The van der Waals surface area contributed by atoms with Crippen LogP contribution in [0.5, 0.6) is 0 Å². The molecule has 1 atom stereocenters. The van der Waals surface area contributed by atoms with E-state index >= 15 is 0 Å². The molecule has 18 heavy (non-hydrogen) atoms. The van der Waals surface area contributed by atoms with E-state index < -0.39 is 9.84 Å². The lowest BCUT2D eigenvalue weighted by Crippen LogP contribution is -2.23. The van der Waals surface area contributed by atoms with Gasteiger partial charge in [0.05, 0.1) is 27.9 Å². The van der Waals surface area contributed by atoms with Crippen LogP contribution in [0.4, 0.5) is 0 Å². The van der Waals surface area contributed by atoms with Gasteiger partial charge in [0.2, 0.25) is 0 Å². The first-order chi connectivity index (χ1) is 8.30. The van der Waals surface area contributed by atoms with Gasteiger partial charge in [-0.2, -0.15) is 5.10 Å². The normalized spacial score (nSPS) is 13.8. The summed E-state index contributed by atoms with van der Waals surface area (Å²) in [5.41, 5.74) is 6.69. The smallest absolute Gasteiger partial charge is 0.156 e. The average molecular weight is 294 g/mol. The molecule has 1 heterocycles. The second kappa shape index (κ2) is 6.04. The lowest BCUT2D eigenvalue weighted by molar-refractivity contribution is 0.566. The zero-order valence-electron chi connectivity index (χ0n) is 11.0. The molecule has 0 aliphatic carbocycles. The van der Waals surface area contributed by atoms with Crippen molar-refractivity contribution in [1.29, 1.82) is 0 Å². The van der Waals surface area contributed by atoms with E-state index in [4.69, 9.17) is 17.3 Å². The van der Waals surface area contributed by atoms with Crippen LogP contribution < -0.4 is 5.73 Å². The molecule has 0 aliphatic heterocycles. The maximum absolute atomic E-state index is 12.0. The Morgan fingerprint density at radius 2 is 2.11 bits per heavy atom. The topological polar surface area (TPSA) is 78.0 Å². The fourth-order valence-electron chi connectivity index (χ4n) is 1.78. The number of nitrogens with zero attached hydrogens (tertiary/aromatic N) is 2. The van der Waals surface area contributed by atoms with E-state index in [1.165, 1.54) is 0 Å². The van der Waals surface area contributed by atoms with Crippen molar-refractivity contribution >= 4 is 21.4 Å². The van der Waals surface area contributed by atoms with Gasteiger partial charge in [-0.1, -0.05) is 18.5 Å². The second-order valence-electron chi connectivity index (χ2n) is 4.56. The van der Waals surface area contributed by atoms with Crippen LogP contribution in [-0.2, 0) is 22.1 Å². The Hall–Kier alpha value is -0.590. The molecule has 0 bridgehead atoms. The standard InChI is InChI=1S/C11H20ClN3O2S/c1-4-15-10(11(12)9(3)14-15)7-18(16,17)6-8(2)5-13/h8H,4-7,13H2,1-3H3. The van der Waals surface area contributed by atoms with Crippen LogP contribution in [-0.4, -0.2) is 30.5 Å². The zero-order valence-corrected chi connectivity index (χ0v) is 12.6. The molecule has 0 radical (unpaired) electrons. The van der Waals surface area contributed by atoms with Gasteiger partial charge in [0.25, 0.3) is 0 Å². The predicted octanol–water partition coefficient (Wildman–Crippen LogP) is 1.37. The van der Waals surface area contributed by atoms with E-state index in [1.54, 1.807) is 11.6 Å². The molecule has 0 saturated heterocycles. The van der Waals surface area contributed by atoms with Crippen molar-refractivity contribution in [2.75, 3.05) is 12.3 Å². The third kappa shape index (κ3) is 3.70. The Bertz CT molecular complexity index is 511. The van der Waals surface area contributed by atoms with E-state index in [9.17, 15) is 8.42 Å². The van der Waals surface area contributed by atoms with E-state index in [0.29, 0.717) is 29.5 Å². The molecular weight excluding hydrogens is 274 g/mol. The number of halogens is 1. The fourth-order valence-corrected chi connectivity index (χ4v) is 3.89. The maximum Gasteiger partial charge on any atom is 0.156 e. The number of hydrogen-bond donors (Lipinski definition) is 1. The van der Waals surface area contributed by atoms with Gasteiger partial charge >= 0.3 is 0 Å². The van der Waals surface area contributed by atoms with E-state index in [-0.39, 0.29) is 17.4 Å². The van der Waals surface area contributed by atoms with Crippen molar-refractivity contribution < 1.29 is 8.42 Å². The number of hydrogen-bond acceptors (Lipinski definition) is 4. The first kappa shape index (κ1) is 15.5. The van der Waals surface area contributed by atoms with Crippen molar-refractivity contribution in [3.8, 4) is 0 Å². The molecule has 0 aliphatic rings. The Morgan fingerprint density at radius 1 is 1.50 bits per heavy atom. The molecule has 104 valence electrons. The number of aryl methyl sites for hydroxylation is 2. The summed E-state index contributed by atoms with van der Waals surface area (Å²) >= 11 is 6.10. The molecule has 0 saturated carbocycles. The number of aromatic nitrogens is 2. The zero-order chi connectivity index (χ0) is 13.9. The van der Waals surface area contributed by atoms with Crippen molar-refractivity contribution in [2.24, 2.45) is 11.7 Å². The second-order valence-corrected chi connectivity index (χ2v) is 7.04. The summed E-state index contributed by atoms with van der Waals surface area (Å²) in [4.78, 5) is 0. The summed E-state index contributed by atoms with van der Waals surface area (Å²) in [6.07, 6.45) is 0. The Kier molecular flexibility index (Phi) is 5.19. The van der Waals surface area contributed by atoms with Crippen molar-refractivity contribution in [3.63, 3.8) is 0 Å². The highest BCUT2D eigenvalue weighted by Gasteiger charge is 2.21. The van der Waals surface area contributed by atoms with Crippen LogP contribution in [0.15, 0.2) is 0 Å². The SMILES string of the molecule is CCn1nc(C)c(Cl)c1CS(=O)(=O)CC(C)CN. The lowest BCUT2D eigenvalue weighted by atomic mass is 10.2. The summed E-state index contributed by atoms with van der Waals surface area (Å²) in [7, 11) is -3.21. The minimum atomic E-state index is -3.21. The van der Waals surface area contributed by atoms with Crippen LogP contribution in [0.1, 0.15) is 25.2 Å². The van der Waals surface area contributed by atoms with Gasteiger partial charge in [0.1, 0.15) is 0 Å². The van der Waals surface area contributed by atoms with Gasteiger partial charge < -0.3 is 5.73 Å². The minimum Gasteiger partial charge on any atom is -0.330 e. The largest absolute Gasteiger partial charge is 0.330 e. The summed E-state index contributed by atoms with van der Waals surface area (Å²) in [6.45, 7) is 6.46. The molecule has 1 unspecified atom stereocenters. The minimum absolute atomic E-state index is 0.0483. The first-order valence-electron chi connectivity index (χ1n) is 5.93. The quantitative estimate of drug-likeness (QED) is 0.859. The number of nitrogens with two attached hydrogens (primary N) is 1. The molecule has 0 aromatic carbocycles. The van der Waals surface area contributed by atoms with Gasteiger partial charge in [-0.15, -0.1) is 0 Å². The molecule has 0 spiro atoms. The third-order valence-electron chi connectivity index (χ3n) is 2.75. The third-order valence-corrected chi connectivity index (χ3v) is 5.03. The van der Waals surface area contributed by atoms with Crippen LogP contribution in [0.25, 0.3) is 0 Å². The van der Waals surface area contributed by atoms with E-state index in [0.717, 1.165) is 0 Å². The first-order valence-corrected chi connectivity index (χ1v) is 8.13. The van der Waals surface area contributed by atoms with Crippen LogP contribution in [0, 0.1) is 12.8 Å². The summed E-state index contributed by atoms with van der Waals surface area (Å²) < 4.78 is 25.7. The number of sulfone groups is 1. The van der Waals surface area contributed by atoms with Crippen molar-refractivity contribution in [2.45, 2.75) is 33.1 Å². The molecule has 0 amide bonds. The fraction of sp³-hybridized carbons (Fsp3) is 0.727. The monoisotopic (exact) mass is 293 g/mol. The van der Waals surface area contributed by atoms with Gasteiger partial charge in [0, 0.05) is 6.54 Å². The molecule has 1 rings (SSSR count). The highest BCUT2D eigenvalue weighted by atomic mass is 35.5.